The lowest BCUT2D eigenvalue weighted by molar-refractivity contribution is 0.207. The van der Waals surface area contributed by atoms with Crippen LogP contribution in [0, 0.1) is 22.6 Å². The van der Waals surface area contributed by atoms with E-state index >= 15 is 0 Å². The minimum absolute atomic E-state index is 0.0130. The van der Waals surface area contributed by atoms with Crippen LogP contribution in [0.3, 0.4) is 0 Å². The Morgan fingerprint density at radius 1 is 1.20 bits per heavy atom. The van der Waals surface area contributed by atoms with E-state index in [1.807, 2.05) is 4.90 Å². The summed E-state index contributed by atoms with van der Waals surface area (Å²) < 4.78 is 41.3. The van der Waals surface area contributed by atoms with Crippen molar-refractivity contribution in [2.75, 3.05) is 29.5 Å². The van der Waals surface area contributed by atoms with Crippen LogP contribution in [0.15, 0.2) is 36.8 Å². The van der Waals surface area contributed by atoms with Crippen molar-refractivity contribution in [2.24, 2.45) is 5.41 Å². The zero-order chi connectivity index (χ0) is 28.2. The van der Waals surface area contributed by atoms with E-state index in [9.17, 15) is 18.8 Å². The average molecular weight is 604 g/mol. The van der Waals surface area contributed by atoms with Crippen LogP contribution in [-0.2, 0) is 0 Å². The van der Waals surface area contributed by atoms with Gasteiger partial charge in [-0.1, -0.05) is 23.2 Å². The van der Waals surface area contributed by atoms with E-state index in [1.54, 1.807) is 25.3 Å². The molecule has 1 atom stereocenters. The summed E-state index contributed by atoms with van der Waals surface area (Å²) in [7, 11) is -2.54. The van der Waals surface area contributed by atoms with Crippen molar-refractivity contribution < 1.29 is 18.2 Å². The minimum Gasteiger partial charge on any atom is -0.483 e. The molecule has 2 fully saturated rings. The maximum absolute atomic E-state index is 15.0. The molecule has 0 saturated carbocycles. The zero-order valence-electron chi connectivity index (χ0n) is 21.4. The molecule has 6 rings (SSSR count). The second kappa shape index (κ2) is 10.0. The van der Waals surface area contributed by atoms with Gasteiger partial charge in [0.2, 0.25) is 0 Å². The molecule has 0 radical (unpaired) electrons. The highest BCUT2D eigenvalue weighted by Crippen LogP contribution is 2.55. The molecule has 4 aromatic rings. The van der Waals surface area contributed by atoms with E-state index in [2.05, 4.69) is 26.2 Å². The number of nitrogens with one attached hydrogen (secondary N) is 1. The van der Waals surface area contributed by atoms with Crippen LogP contribution in [0.25, 0.3) is 22.2 Å². The number of ether oxygens (including phenoxy) is 1. The highest BCUT2D eigenvalue weighted by molar-refractivity contribution is 8.24. The van der Waals surface area contributed by atoms with Gasteiger partial charge >= 0.3 is 0 Å². The Morgan fingerprint density at radius 3 is 2.65 bits per heavy atom. The number of aromatic amines is 1. The molecule has 40 heavy (non-hydrogen) atoms. The number of hydrogen-bond acceptors (Lipinski definition) is 8. The lowest BCUT2D eigenvalue weighted by atomic mass is 9.77. The number of pyridine rings is 2. The van der Waals surface area contributed by atoms with Crippen molar-refractivity contribution in [3.63, 3.8) is 0 Å². The van der Waals surface area contributed by atoms with E-state index in [-0.39, 0.29) is 11.2 Å². The first-order valence-corrected chi connectivity index (χ1v) is 15.2. The molecule has 0 aliphatic carbocycles. The molecule has 2 saturated heterocycles. The molecule has 1 unspecified atom stereocenters. The van der Waals surface area contributed by atoms with Gasteiger partial charge in [-0.05, 0) is 31.9 Å². The zero-order valence-corrected chi connectivity index (χ0v) is 23.7. The van der Waals surface area contributed by atoms with Crippen molar-refractivity contribution in [1.29, 1.82) is 5.26 Å². The molecule has 1 spiro atoms. The second-order valence-corrected chi connectivity index (χ2v) is 13.6. The van der Waals surface area contributed by atoms with Gasteiger partial charge in [-0.25, -0.2) is 9.37 Å². The Labute approximate surface area is 241 Å². The summed E-state index contributed by atoms with van der Waals surface area (Å²) in [5.41, 5.74) is 2.25. The monoisotopic (exact) mass is 602 g/mol. The van der Waals surface area contributed by atoms with Crippen LogP contribution in [-0.4, -0.2) is 53.9 Å². The van der Waals surface area contributed by atoms with E-state index in [0.717, 1.165) is 12.8 Å². The number of nitrogens with zero attached hydrogens (tertiary/aromatic N) is 5. The van der Waals surface area contributed by atoms with Crippen LogP contribution in [0.4, 0.5) is 10.2 Å². The molecule has 5 heterocycles. The number of hydrogen-bond donors (Lipinski definition) is 3. The fourth-order valence-corrected chi connectivity index (χ4v) is 8.52. The Kier molecular flexibility index (Phi) is 6.79. The van der Waals surface area contributed by atoms with Gasteiger partial charge in [0.15, 0.2) is 11.6 Å². The molecule has 2 aliphatic rings. The van der Waals surface area contributed by atoms with Crippen LogP contribution in [0.2, 0.25) is 10.0 Å². The van der Waals surface area contributed by atoms with Gasteiger partial charge in [-0.15, -0.1) is 0 Å². The SMILES string of the molecule is CC(Oc1cc2c(-c3cnc(N4CC5(CCCS(O)(O)C5)C4)c(C#N)c3)n[nH]c2cc1F)c1c(Cl)cncc1Cl. The van der Waals surface area contributed by atoms with Crippen LogP contribution in [0.1, 0.15) is 37.0 Å². The third-order valence-corrected chi connectivity index (χ3v) is 10.2. The third kappa shape index (κ3) is 4.84. The van der Waals surface area contributed by atoms with Crippen molar-refractivity contribution >= 4 is 50.5 Å². The van der Waals surface area contributed by atoms with Gasteiger partial charge in [0.25, 0.3) is 0 Å². The Balaban J connectivity index is 1.28. The normalized spacial score (nSPS) is 19.2. The van der Waals surface area contributed by atoms with Crippen molar-refractivity contribution in [3.8, 4) is 23.1 Å². The molecule has 208 valence electrons. The Bertz CT molecular complexity index is 1650. The van der Waals surface area contributed by atoms with Gasteiger partial charge in [0.05, 0.1) is 21.1 Å². The average Bonchev–Trinajstić information content (AvgIpc) is 3.28. The first-order valence-electron chi connectivity index (χ1n) is 12.6. The predicted molar refractivity (Wildman–Crippen MR) is 154 cm³/mol. The molecule has 2 aliphatic heterocycles. The Morgan fingerprint density at radius 2 is 1.95 bits per heavy atom. The molecule has 3 N–H and O–H groups in total. The number of fused-ring (bicyclic) bond motifs is 1. The summed E-state index contributed by atoms with van der Waals surface area (Å²) in [6.45, 7) is 2.96. The second-order valence-electron chi connectivity index (χ2n) is 10.5. The molecule has 9 nitrogen and oxygen atoms in total. The molecular formula is C27H25Cl2FN6O3S. The predicted octanol–water partition coefficient (Wildman–Crippen LogP) is 6.83. The summed E-state index contributed by atoms with van der Waals surface area (Å²) in [5, 5.41) is 18.3. The van der Waals surface area contributed by atoms with Gasteiger partial charge in [-0.3, -0.25) is 19.2 Å². The number of halogens is 3. The van der Waals surface area contributed by atoms with Crippen LogP contribution >= 0.6 is 33.8 Å². The minimum atomic E-state index is -2.54. The molecule has 0 bridgehead atoms. The van der Waals surface area contributed by atoms with E-state index in [0.29, 0.717) is 73.7 Å². The fourth-order valence-electron chi connectivity index (χ4n) is 5.78. The van der Waals surface area contributed by atoms with Gasteiger partial charge in [0, 0.05) is 71.2 Å². The maximum atomic E-state index is 15.0. The largest absolute Gasteiger partial charge is 0.483 e. The number of anilines is 1. The first-order chi connectivity index (χ1) is 19.1. The number of nitriles is 1. The van der Waals surface area contributed by atoms with Gasteiger partial charge in [-0.2, -0.15) is 21.0 Å². The maximum Gasteiger partial charge on any atom is 0.167 e. The van der Waals surface area contributed by atoms with Gasteiger partial charge < -0.3 is 9.64 Å². The van der Waals surface area contributed by atoms with E-state index in [4.69, 9.17) is 27.9 Å². The summed E-state index contributed by atoms with van der Waals surface area (Å²) in [6, 6.07) is 6.78. The lowest BCUT2D eigenvalue weighted by Gasteiger charge is -2.57. The molecular weight excluding hydrogens is 578 g/mol. The smallest absolute Gasteiger partial charge is 0.167 e. The quantitative estimate of drug-likeness (QED) is 0.226. The molecule has 13 heteroatoms. The van der Waals surface area contributed by atoms with E-state index < -0.39 is 22.5 Å². The van der Waals surface area contributed by atoms with Crippen molar-refractivity contribution in [1.82, 2.24) is 20.2 Å². The number of H-pyrrole nitrogens is 1. The molecule has 1 aromatic carbocycles. The summed E-state index contributed by atoms with van der Waals surface area (Å²) in [6.07, 6.45) is 5.58. The summed E-state index contributed by atoms with van der Waals surface area (Å²) in [5.74, 6) is 0.807. The molecule has 0 amide bonds. The highest BCUT2D eigenvalue weighted by atomic mass is 35.5. The molecule has 3 aromatic heterocycles. The number of rotatable bonds is 5. The van der Waals surface area contributed by atoms with Crippen molar-refractivity contribution in [3.05, 3.63) is 63.8 Å². The van der Waals surface area contributed by atoms with Crippen LogP contribution in [0.5, 0.6) is 5.75 Å². The number of benzene rings is 1. The third-order valence-electron chi connectivity index (χ3n) is 7.54. The lowest BCUT2D eigenvalue weighted by Crippen LogP contribution is -2.60. The standard InChI is InChI=1S/C27H25Cl2FN6O3S/c1-15(24-19(28)10-32-11-20(24)29)39-23-6-18-22(7-21(23)30)34-35-25(18)17-5-16(8-31)26(33-9-17)36-12-27(13-36)3-2-4-40(37,38)14-27/h5-7,9-11,15,37-38H,2-4,12-14H2,1H3,(H,34,35). The van der Waals surface area contributed by atoms with E-state index in [1.165, 1.54) is 18.5 Å². The fraction of sp³-hybridized carbons (Fsp3) is 0.333. The number of aromatic nitrogens is 4. The summed E-state index contributed by atoms with van der Waals surface area (Å²) >= 11 is 12.5. The Hall–Kier alpha value is -3.14. The summed E-state index contributed by atoms with van der Waals surface area (Å²) in [4.78, 5) is 10.5. The first kappa shape index (κ1) is 27.1. The highest BCUT2D eigenvalue weighted by Gasteiger charge is 2.48. The van der Waals surface area contributed by atoms with Crippen molar-refractivity contribution in [2.45, 2.75) is 25.9 Å². The van der Waals surface area contributed by atoms with Gasteiger partial charge in [0.1, 0.15) is 23.7 Å². The topological polar surface area (TPSA) is 131 Å². The van der Waals surface area contributed by atoms with Crippen LogP contribution < -0.4 is 9.64 Å².